The fourth-order valence-electron chi connectivity index (χ4n) is 3.61. The van der Waals surface area contributed by atoms with E-state index in [2.05, 4.69) is 20.8 Å². The van der Waals surface area contributed by atoms with Crippen LogP contribution in [0.15, 0.2) is 71.9 Å². The summed E-state index contributed by atoms with van der Waals surface area (Å²) in [4.78, 5) is 25.2. The Morgan fingerprint density at radius 3 is 2.50 bits per heavy atom. The number of halogens is 1. The number of aromatic nitrogens is 3. The normalized spacial score (nSPS) is 10.8. The predicted octanol–water partition coefficient (Wildman–Crippen LogP) is 4.99. The standard InChI is InChI=1S/C27H26FN5O2S/c1-17-6-4-9-22(12-17)33-24(15-29-26(35)20-7-5-8-21(28)14-20)31-32-27(33)36-16-25(34)30-23-13-18(2)10-11-19(23)3/h4-14H,15-16H2,1-3H3,(H,29,35)(H,30,34). The molecule has 0 spiro atoms. The minimum absolute atomic E-state index is 0.0749. The zero-order valence-electron chi connectivity index (χ0n) is 20.2. The van der Waals surface area contributed by atoms with E-state index in [1.54, 1.807) is 6.07 Å². The van der Waals surface area contributed by atoms with E-state index >= 15 is 0 Å². The van der Waals surface area contributed by atoms with Gasteiger partial charge in [0, 0.05) is 16.9 Å². The predicted molar refractivity (Wildman–Crippen MR) is 139 cm³/mol. The highest BCUT2D eigenvalue weighted by molar-refractivity contribution is 7.99. The molecule has 0 unspecified atom stereocenters. The first-order chi connectivity index (χ1) is 17.3. The SMILES string of the molecule is Cc1cccc(-n2c(CNC(=O)c3cccc(F)c3)nnc2SCC(=O)Nc2cc(C)ccc2C)c1. The maximum Gasteiger partial charge on any atom is 0.251 e. The third-order valence-electron chi connectivity index (χ3n) is 5.45. The van der Waals surface area contributed by atoms with Gasteiger partial charge in [0.2, 0.25) is 5.91 Å². The third kappa shape index (κ3) is 6.17. The number of nitrogens with zero attached hydrogens (tertiary/aromatic N) is 3. The van der Waals surface area contributed by atoms with Gasteiger partial charge in [0.05, 0.1) is 12.3 Å². The van der Waals surface area contributed by atoms with Gasteiger partial charge in [0.15, 0.2) is 11.0 Å². The van der Waals surface area contributed by atoms with Crippen molar-refractivity contribution in [2.45, 2.75) is 32.5 Å². The van der Waals surface area contributed by atoms with Crippen molar-refractivity contribution in [2.24, 2.45) is 0 Å². The molecule has 184 valence electrons. The number of aryl methyl sites for hydroxylation is 3. The van der Waals surface area contributed by atoms with E-state index in [9.17, 15) is 14.0 Å². The highest BCUT2D eigenvalue weighted by Crippen LogP contribution is 2.24. The molecule has 0 aliphatic rings. The number of hydrogen-bond donors (Lipinski definition) is 2. The number of amides is 2. The van der Waals surface area contributed by atoms with E-state index in [-0.39, 0.29) is 23.8 Å². The number of hydrogen-bond acceptors (Lipinski definition) is 5. The Morgan fingerprint density at radius 1 is 0.944 bits per heavy atom. The zero-order chi connectivity index (χ0) is 25.7. The Hall–Kier alpha value is -3.98. The van der Waals surface area contributed by atoms with Gasteiger partial charge in [-0.2, -0.15) is 0 Å². The van der Waals surface area contributed by atoms with Crippen molar-refractivity contribution in [1.29, 1.82) is 0 Å². The molecular weight excluding hydrogens is 477 g/mol. The van der Waals surface area contributed by atoms with Gasteiger partial charge in [-0.1, -0.05) is 42.1 Å². The van der Waals surface area contributed by atoms with Crippen LogP contribution in [0.1, 0.15) is 32.9 Å². The van der Waals surface area contributed by atoms with Crippen LogP contribution in [0.5, 0.6) is 0 Å². The zero-order valence-corrected chi connectivity index (χ0v) is 21.0. The summed E-state index contributed by atoms with van der Waals surface area (Å²) in [6.07, 6.45) is 0. The van der Waals surface area contributed by atoms with Crippen molar-refractivity contribution < 1.29 is 14.0 Å². The summed E-state index contributed by atoms with van der Waals surface area (Å²) >= 11 is 1.25. The topological polar surface area (TPSA) is 88.9 Å². The Balaban J connectivity index is 1.52. The lowest BCUT2D eigenvalue weighted by atomic mass is 10.1. The summed E-state index contributed by atoms with van der Waals surface area (Å²) in [5, 5.41) is 14.8. The molecule has 0 saturated carbocycles. The van der Waals surface area contributed by atoms with Crippen LogP contribution in [-0.4, -0.2) is 32.3 Å². The molecule has 36 heavy (non-hydrogen) atoms. The van der Waals surface area contributed by atoms with Crippen molar-refractivity contribution in [1.82, 2.24) is 20.1 Å². The second-order valence-electron chi connectivity index (χ2n) is 8.42. The molecule has 1 aromatic heterocycles. The van der Waals surface area contributed by atoms with E-state index in [0.29, 0.717) is 11.0 Å². The quantitative estimate of drug-likeness (QED) is 0.331. The molecule has 0 bridgehead atoms. The smallest absolute Gasteiger partial charge is 0.251 e. The first-order valence-electron chi connectivity index (χ1n) is 11.3. The van der Waals surface area contributed by atoms with Crippen molar-refractivity contribution in [3.05, 3.63) is 101 Å². The molecule has 1 heterocycles. The minimum atomic E-state index is -0.483. The molecule has 2 N–H and O–H groups in total. The number of nitrogens with one attached hydrogen (secondary N) is 2. The maximum atomic E-state index is 13.5. The van der Waals surface area contributed by atoms with Gasteiger partial charge in [0.1, 0.15) is 5.82 Å². The molecule has 0 aliphatic carbocycles. The molecule has 9 heteroatoms. The average molecular weight is 504 g/mol. The molecule has 0 aliphatic heterocycles. The Bertz CT molecular complexity index is 1420. The monoisotopic (exact) mass is 503 g/mol. The van der Waals surface area contributed by atoms with Crippen LogP contribution in [-0.2, 0) is 11.3 Å². The highest BCUT2D eigenvalue weighted by atomic mass is 32.2. The molecule has 0 fully saturated rings. The Kier molecular flexibility index (Phi) is 7.80. The minimum Gasteiger partial charge on any atom is -0.345 e. The second kappa shape index (κ2) is 11.2. The lowest BCUT2D eigenvalue weighted by Gasteiger charge is -2.12. The Labute approximate surface area is 213 Å². The number of carbonyl (C=O) groups is 2. The summed E-state index contributed by atoms with van der Waals surface area (Å²) < 4.78 is 15.3. The number of benzene rings is 3. The average Bonchev–Trinajstić information content (AvgIpc) is 3.26. The van der Waals surface area contributed by atoms with Crippen LogP contribution in [0.2, 0.25) is 0 Å². The highest BCUT2D eigenvalue weighted by Gasteiger charge is 2.18. The maximum absolute atomic E-state index is 13.5. The summed E-state index contributed by atoms with van der Waals surface area (Å²) in [6.45, 7) is 5.97. The first-order valence-corrected chi connectivity index (χ1v) is 12.3. The molecule has 0 saturated heterocycles. The van der Waals surface area contributed by atoms with E-state index in [4.69, 9.17) is 0 Å². The van der Waals surface area contributed by atoms with Crippen LogP contribution in [0.25, 0.3) is 5.69 Å². The van der Waals surface area contributed by atoms with E-state index in [0.717, 1.165) is 28.1 Å². The van der Waals surface area contributed by atoms with Crippen LogP contribution in [0, 0.1) is 26.6 Å². The summed E-state index contributed by atoms with van der Waals surface area (Å²) in [6, 6.07) is 19.2. The lowest BCUT2D eigenvalue weighted by Crippen LogP contribution is -2.24. The first kappa shape index (κ1) is 25.1. The van der Waals surface area contributed by atoms with E-state index < -0.39 is 11.7 Å². The fraction of sp³-hybridized carbons (Fsp3) is 0.185. The van der Waals surface area contributed by atoms with Gasteiger partial charge in [-0.15, -0.1) is 10.2 Å². The van der Waals surface area contributed by atoms with Gasteiger partial charge in [-0.25, -0.2) is 4.39 Å². The van der Waals surface area contributed by atoms with Crippen molar-refractivity contribution in [2.75, 3.05) is 11.1 Å². The third-order valence-corrected chi connectivity index (χ3v) is 6.38. The number of thioether (sulfide) groups is 1. The van der Waals surface area contributed by atoms with Crippen LogP contribution < -0.4 is 10.6 Å². The molecule has 2 amide bonds. The molecule has 0 radical (unpaired) electrons. The van der Waals surface area contributed by atoms with Gasteiger partial charge >= 0.3 is 0 Å². The summed E-state index contributed by atoms with van der Waals surface area (Å²) in [5.41, 5.74) is 4.90. The van der Waals surface area contributed by atoms with Crippen LogP contribution in [0.3, 0.4) is 0 Å². The Morgan fingerprint density at radius 2 is 1.72 bits per heavy atom. The van der Waals surface area contributed by atoms with Crippen LogP contribution >= 0.6 is 11.8 Å². The molecule has 7 nitrogen and oxygen atoms in total. The summed E-state index contributed by atoms with van der Waals surface area (Å²) in [5.74, 6) is -0.442. The second-order valence-corrected chi connectivity index (χ2v) is 9.36. The van der Waals surface area contributed by atoms with Crippen LogP contribution in [0.4, 0.5) is 10.1 Å². The van der Waals surface area contributed by atoms with Gasteiger partial charge in [-0.3, -0.25) is 14.2 Å². The van der Waals surface area contributed by atoms with Crippen molar-refractivity contribution in [3.8, 4) is 5.69 Å². The summed E-state index contributed by atoms with van der Waals surface area (Å²) in [7, 11) is 0. The largest absolute Gasteiger partial charge is 0.345 e. The number of rotatable bonds is 8. The van der Waals surface area contributed by atoms with Gasteiger partial charge in [0.25, 0.3) is 5.91 Å². The van der Waals surface area contributed by atoms with Gasteiger partial charge in [-0.05, 0) is 73.9 Å². The van der Waals surface area contributed by atoms with E-state index in [1.807, 2.05) is 67.8 Å². The molecule has 4 aromatic rings. The van der Waals surface area contributed by atoms with Crippen molar-refractivity contribution in [3.63, 3.8) is 0 Å². The lowest BCUT2D eigenvalue weighted by molar-refractivity contribution is -0.113. The van der Waals surface area contributed by atoms with Crippen molar-refractivity contribution >= 4 is 29.3 Å². The molecule has 0 atom stereocenters. The molecular formula is C27H26FN5O2S. The molecule has 3 aromatic carbocycles. The number of anilines is 1. The van der Waals surface area contributed by atoms with E-state index in [1.165, 1.54) is 30.0 Å². The number of carbonyl (C=O) groups excluding carboxylic acids is 2. The van der Waals surface area contributed by atoms with Gasteiger partial charge < -0.3 is 10.6 Å². The fourth-order valence-corrected chi connectivity index (χ4v) is 4.38. The molecule has 4 rings (SSSR count).